The van der Waals surface area contributed by atoms with Crippen LogP contribution in [-0.2, 0) is 16.1 Å². The van der Waals surface area contributed by atoms with Crippen LogP contribution in [0.5, 0.6) is 0 Å². The van der Waals surface area contributed by atoms with Gasteiger partial charge in [-0.1, -0.05) is 26.8 Å². The molecule has 0 saturated carbocycles. The second-order valence-electron chi connectivity index (χ2n) is 10.8. The van der Waals surface area contributed by atoms with Crippen molar-refractivity contribution in [1.29, 1.82) is 0 Å². The van der Waals surface area contributed by atoms with E-state index in [1.54, 1.807) is 25.4 Å². The lowest BCUT2D eigenvalue weighted by molar-refractivity contribution is -0.139. The molecule has 2 aromatic heterocycles. The number of rotatable bonds is 7. The zero-order chi connectivity index (χ0) is 26.9. The lowest BCUT2D eigenvalue weighted by Crippen LogP contribution is -2.47. The number of halogens is 1. The summed E-state index contributed by atoms with van der Waals surface area (Å²) < 4.78 is 15.8. The fourth-order valence-corrected chi connectivity index (χ4v) is 4.49. The van der Waals surface area contributed by atoms with Crippen LogP contribution in [0.25, 0.3) is 22.0 Å². The highest BCUT2D eigenvalue weighted by Gasteiger charge is 2.40. The van der Waals surface area contributed by atoms with Crippen LogP contribution in [0.2, 0.25) is 0 Å². The molecule has 196 valence electrons. The summed E-state index contributed by atoms with van der Waals surface area (Å²) in [5, 5.41) is 7.85. The van der Waals surface area contributed by atoms with Crippen molar-refractivity contribution in [2.75, 3.05) is 13.1 Å². The number of hydrogen-bond acceptors (Lipinski definition) is 6. The number of nitrogens with zero attached hydrogens (tertiary/aromatic N) is 5. The molecule has 2 atom stereocenters. The number of ketones is 1. The second-order valence-corrected chi connectivity index (χ2v) is 10.8. The molecule has 3 heterocycles. The Morgan fingerprint density at radius 3 is 2.49 bits per heavy atom. The van der Waals surface area contributed by atoms with Gasteiger partial charge < -0.3 is 10.2 Å². The highest BCUT2D eigenvalue weighted by molar-refractivity contribution is 6.06. The molecular formula is C27H33FN6O3. The lowest BCUT2D eigenvalue weighted by atomic mass is 9.92. The number of carbonyl (C=O) groups is 3. The van der Waals surface area contributed by atoms with E-state index in [0.29, 0.717) is 23.3 Å². The molecule has 0 bridgehead atoms. The molecule has 0 aliphatic carbocycles. The minimum atomic E-state index is -1.27. The summed E-state index contributed by atoms with van der Waals surface area (Å²) in [7, 11) is 0. The van der Waals surface area contributed by atoms with Gasteiger partial charge in [-0.2, -0.15) is 5.10 Å². The Bertz CT molecular complexity index is 1330. The van der Waals surface area contributed by atoms with Crippen LogP contribution in [0.15, 0.2) is 30.6 Å². The number of hydrogen-bond donors (Lipinski definition) is 1. The summed E-state index contributed by atoms with van der Waals surface area (Å²) in [4.78, 5) is 48.2. The van der Waals surface area contributed by atoms with E-state index < -0.39 is 18.1 Å². The number of likely N-dealkylation sites (tertiary alicyclic amines) is 1. The van der Waals surface area contributed by atoms with Gasteiger partial charge in [0.25, 0.3) is 0 Å². The second kappa shape index (κ2) is 10.4. The number of aryl methyl sites for hydroxylation is 1. The molecule has 1 saturated heterocycles. The van der Waals surface area contributed by atoms with Crippen molar-refractivity contribution in [1.82, 2.24) is 30.0 Å². The summed E-state index contributed by atoms with van der Waals surface area (Å²) in [6, 6.07) is 4.59. The predicted molar refractivity (Wildman–Crippen MR) is 138 cm³/mol. The first-order valence-electron chi connectivity index (χ1n) is 12.4. The van der Waals surface area contributed by atoms with E-state index in [1.165, 1.54) is 16.5 Å². The van der Waals surface area contributed by atoms with E-state index in [4.69, 9.17) is 0 Å². The zero-order valence-electron chi connectivity index (χ0n) is 21.9. The molecule has 0 unspecified atom stereocenters. The topological polar surface area (TPSA) is 110 Å². The molecule has 0 spiro atoms. The van der Waals surface area contributed by atoms with Crippen molar-refractivity contribution in [3.8, 4) is 11.1 Å². The van der Waals surface area contributed by atoms with Crippen LogP contribution in [-0.4, -0.2) is 67.5 Å². The fourth-order valence-electron chi connectivity index (χ4n) is 4.49. The number of fused-ring (bicyclic) bond motifs is 1. The Morgan fingerprint density at radius 2 is 1.84 bits per heavy atom. The summed E-state index contributed by atoms with van der Waals surface area (Å²) in [5.74, 6) is -0.363. The minimum absolute atomic E-state index is 0.0341. The summed E-state index contributed by atoms with van der Waals surface area (Å²) in [5.41, 5.74) is 2.48. The van der Waals surface area contributed by atoms with Gasteiger partial charge in [-0.15, -0.1) is 0 Å². The van der Waals surface area contributed by atoms with Gasteiger partial charge in [-0.25, -0.2) is 14.4 Å². The maximum atomic E-state index is 14.3. The molecule has 4 rings (SSSR count). The molecule has 9 nitrogen and oxygen atoms in total. The Kier molecular flexibility index (Phi) is 7.38. The molecule has 1 aromatic carbocycles. The Morgan fingerprint density at radius 1 is 1.14 bits per heavy atom. The Hall–Kier alpha value is -3.69. The lowest BCUT2D eigenvalue weighted by Gasteiger charge is -2.25. The molecule has 0 radical (unpaired) electrons. The van der Waals surface area contributed by atoms with E-state index in [2.05, 4.69) is 41.2 Å². The van der Waals surface area contributed by atoms with Crippen LogP contribution in [0, 0.1) is 12.3 Å². The first-order valence-corrected chi connectivity index (χ1v) is 12.4. The SMILES string of the molecule is CC(=O)c1nn(CC(=O)N2C[C@H](F)C[C@H]2C(=O)NCCC(C)(C)C)c2ccc(-c3cnc(C)nc3)cc12. The maximum Gasteiger partial charge on any atom is 0.245 e. The van der Waals surface area contributed by atoms with Gasteiger partial charge in [0, 0.05) is 43.2 Å². The average Bonchev–Trinajstić information content (AvgIpc) is 3.39. The molecule has 1 aliphatic heterocycles. The van der Waals surface area contributed by atoms with Crippen LogP contribution < -0.4 is 5.32 Å². The molecule has 1 fully saturated rings. The van der Waals surface area contributed by atoms with E-state index >= 15 is 0 Å². The number of carbonyl (C=O) groups excluding carboxylic acids is 3. The van der Waals surface area contributed by atoms with Crippen molar-refractivity contribution in [2.45, 2.75) is 66.2 Å². The van der Waals surface area contributed by atoms with Gasteiger partial charge in [-0.3, -0.25) is 19.1 Å². The quantitative estimate of drug-likeness (QED) is 0.489. The van der Waals surface area contributed by atoms with Crippen LogP contribution in [0.4, 0.5) is 4.39 Å². The van der Waals surface area contributed by atoms with E-state index in [9.17, 15) is 18.8 Å². The molecule has 3 aromatic rings. The van der Waals surface area contributed by atoms with Gasteiger partial charge in [-0.05, 0) is 36.5 Å². The molecule has 1 N–H and O–H groups in total. The van der Waals surface area contributed by atoms with Crippen molar-refractivity contribution < 1.29 is 18.8 Å². The standard InChI is InChI=1S/C27H33FN6O3/c1-16(35)25-21-10-18(19-12-30-17(2)31-13-19)6-7-22(21)34(32-25)15-24(36)33-14-20(28)11-23(33)26(37)29-9-8-27(3,4)5/h6-7,10,12-13,20,23H,8-9,11,14-15H2,1-5H3,(H,29,37)/t20-,23+/m1/s1. The summed E-state index contributed by atoms with van der Waals surface area (Å²) in [6.45, 7) is 9.53. The number of benzene rings is 1. The number of alkyl halides is 1. The number of aromatic nitrogens is 4. The van der Waals surface area contributed by atoms with E-state index in [1.807, 2.05) is 12.1 Å². The van der Waals surface area contributed by atoms with Gasteiger partial charge in [0.1, 0.15) is 30.3 Å². The highest BCUT2D eigenvalue weighted by atomic mass is 19.1. The van der Waals surface area contributed by atoms with Crippen molar-refractivity contribution in [3.05, 3.63) is 42.1 Å². The molecule has 10 heteroatoms. The third-order valence-electron chi connectivity index (χ3n) is 6.53. The Labute approximate surface area is 215 Å². The number of amides is 2. The van der Waals surface area contributed by atoms with E-state index in [0.717, 1.165) is 17.5 Å². The number of nitrogens with one attached hydrogen (secondary N) is 1. The zero-order valence-corrected chi connectivity index (χ0v) is 21.9. The van der Waals surface area contributed by atoms with Gasteiger partial charge in [0.2, 0.25) is 11.8 Å². The third kappa shape index (κ3) is 6.00. The van der Waals surface area contributed by atoms with Gasteiger partial charge in [0.05, 0.1) is 12.1 Å². The monoisotopic (exact) mass is 508 g/mol. The molecule has 2 amide bonds. The van der Waals surface area contributed by atoms with Crippen molar-refractivity contribution in [3.63, 3.8) is 0 Å². The molecule has 1 aliphatic rings. The Balaban J connectivity index is 1.56. The van der Waals surface area contributed by atoms with Crippen LogP contribution in [0.1, 0.15) is 56.8 Å². The van der Waals surface area contributed by atoms with Crippen LogP contribution in [0.3, 0.4) is 0 Å². The van der Waals surface area contributed by atoms with E-state index in [-0.39, 0.29) is 42.3 Å². The maximum absolute atomic E-state index is 14.3. The van der Waals surface area contributed by atoms with Crippen molar-refractivity contribution >= 4 is 28.5 Å². The average molecular weight is 509 g/mol. The smallest absolute Gasteiger partial charge is 0.245 e. The van der Waals surface area contributed by atoms with Crippen LogP contribution >= 0.6 is 0 Å². The summed E-state index contributed by atoms with van der Waals surface area (Å²) >= 11 is 0. The van der Waals surface area contributed by atoms with Crippen molar-refractivity contribution in [2.24, 2.45) is 5.41 Å². The first kappa shape index (κ1) is 26.4. The largest absolute Gasteiger partial charge is 0.354 e. The van der Waals surface area contributed by atoms with Gasteiger partial charge in [0.15, 0.2) is 5.78 Å². The first-order chi connectivity index (χ1) is 17.4. The number of Topliss-reactive ketones (excluding diaryl/α,β-unsaturated/α-hetero) is 1. The third-order valence-corrected chi connectivity index (χ3v) is 6.53. The fraction of sp³-hybridized carbons (Fsp3) is 0.481. The predicted octanol–water partition coefficient (Wildman–Crippen LogP) is 3.50. The minimum Gasteiger partial charge on any atom is -0.354 e. The normalized spacial score (nSPS) is 17.8. The summed E-state index contributed by atoms with van der Waals surface area (Å²) in [6.07, 6.45) is 2.87. The molecule has 37 heavy (non-hydrogen) atoms. The van der Waals surface area contributed by atoms with Gasteiger partial charge >= 0.3 is 0 Å². The molecular weight excluding hydrogens is 475 g/mol. The highest BCUT2D eigenvalue weighted by Crippen LogP contribution is 2.28.